The molecule has 0 fully saturated rings. The predicted octanol–water partition coefficient (Wildman–Crippen LogP) is 4.53. The third-order valence-corrected chi connectivity index (χ3v) is 5.32. The monoisotopic (exact) mass is 405 g/mol. The first-order valence-electron chi connectivity index (χ1n) is 9.48. The van der Waals surface area contributed by atoms with Gasteiger partial charge in [0.25, 0.3) is 5.91 Å². The van der Waals surface area contributed by atoms with Gasteiger partial charge in [0.2, 0.25) is 0 Å². The molecule has 1 aliphatic heterocycles. The van der Waals surface area contributed by atoms with E-state index in [0.29, 0.717) is 35.0 Å². The topological polar surface area (TPSA) is 46.6 Å². The van der Waals surface area contributed by atoms with Crippen molar-refractivity contribution in [3.05, 3.63) is 100 Å². The van der Waals surface area contributed by atoms with Crippen molar-refractivity contribution in [2.24, 2.45) is 0 Å². The van der Waals surface area contributed by atoms with Crippen LogP contribution in [0.4, 0.5) is 0 Å². The van der Waals surface area contributed by atoms with Crippen LogP contribution in [0.5, 0.6) is 5.75 Å². The van der Waals surface area contributed by atoms with Crippen LogP contribution in [0.2, 0.25) is 5.02 Å². The molecular formula is C24H20ClNO3. The highest BCUT2D eigenvalue weighted by Gasteiger charge is 2.20. The molecule has 0 saturated heterocycles. The number of hydrogen-bond donors (Lipinski definition) is 0. The molecule has 0 radical (unpaired) electrons. The minimum Gasteiger partial charge on any atom is -0.484 e. The summed E-state index contributed by atoms with van der Waals surface area (Å²) < 4.78 is 5.65. The molecule has 29 heavy (non-hydrogen) atoms. The zero-order chi connectivity index (χ0) is 20.2. The van der Waals surface area contributed by atoms with E-state index >= 15 is 0 Å². The Balaban J connectivity index is 1.34. The number of nitrogens with zero attached hydrogens (tertiary/aromatic N) is 1. The number of carbonyl (C=O) groups is 2. The van der Waals surface area contributed by atoms with Crippen LogP contribution in [-0.4, -0.2) is 29.7 Å². The van der Waals surface area contributed by atoms with Crippen LogP contribution in [0.1, 0.15) is 27.0 Å². The van der Waals surface area contributed by atoms with Gasteiger partial charge in [-0.15, -0.1) is 0 Å². The maximum atomic E-state index is 12.5. The lowest BCUT2D eigenvalue weighted by Gasteiger charge is -2.28. The average molecular weight is 406 g/mol. The molecule has 3 aromatic rings. The minimum atomic E-state index is -0.0868. The second-order valence-corrected chi connectivity index (χ2v) is 7.42. The Morgan fingerprint density at radius 2 is 1.48 bits per heavy atom. The quantitative estimate of drug-likeness (QED) is 0.586. The third kappa shape index (κ3) is 4.49. The molecule has 0 bridgehead atoms. The molecule has 0 aliphatic carbocycles. The molecule has 1 aliphatic rings. The SMILES string of the molecule is O=C(c1ccc(Cl)cc1)c1ccc(OCC(=O)N2CCc3ccccc3C2)cc1. The fourth-order valence-corrected chi connectivity index (χ4v) is 3.54. The van der Waals surface area contributed by atoms with E-state index in [1.165, 1.54) is 11.1 Å². The van der Waals surface area contributed by atoms with Crippen molar-refractivity contribution in [2.75, 3.05) is 13.2 Å². The van der Waals surface area contributed by atoms with E-state index in [9.17, 15) is 9.59 Å². The molecular weight excluding hydrogens is 386 g/mol. The normalized spacial score (nSPS) is 12.9. The summed E-state index contributed by atoms with van der Waals surface area (Å²) in [6.07, 6.45) is 0.865. The van der Waals surface area contributed by atoms with Crippen molar-refractivity contribution in [2.45, 2.75) is 13.0 Å². The highest BCUT2D eigenvalue weighted by molar-refractivity contribution is 6.30. The van der Waals surface area contributed by atoms with Crippen molar-refractivity contribution < 1.29 is 14.3 Å². The summed E-state index contributed by atoms with van der Waals surface area (Å²) in [6, 6.07) is 21.8. The van der Waals surface area contributed by atoms with Gasteiger partial charge in [0, 0.05) is 29.2 Å². The Kier molecular flexibility index (Phi) is 5.63. The molecule has 5 heteroatoms. The third-order valence-electron chi connectivity index (χ3n) is 5.07. The Morgan fingerprint density at radius 3 is 2.17 bits per heavy atom. The summed E-state index contributed by atoms with van der Waals surface area (Å²) in [6.45, 7) is 1.30. The van der Waals surface area contributed by atoms with E-state index < -0.39 is 0 Å². The van der Waals surface area contributed by atoms with E-state index in [1.54, 1.807) is 48.5 Å². The molecule has 0 spiro atoms. The first-order chi connectivity index (χ1) is 14.1. The average Bonchev–Trinajstić information content (AvgIpc) is 2.77. The number of ether oxygens (including phenoxy) is 1. The van der Waals surface area contributed by atoms with Gasteiger partial charge in [0.05, 0.1) is 0 Å². The van der Waals surface area contributed by atoms with Gasteiger partial charge in [-0.05, 0) is 66.1 Å². The molecule has 1 amide bonds. The molecule has 1 heterocycles. The number of ketones is 1. The number of benzene rings is 3. The van der Waals surface area contributed by atoms with Crippen molar-refractivity contribution >= 4 is 23.3 Å². The lowest BCUT2D eigenvalue weighted by molar-refractivity contribution is -0.134. The van der Waals surface area contributed by atoms with Crippen molar-refractivity contribution in [1.29, 1.82) is 0 Å². The van der Waals surface area contributed by atoms with Crippen LogP contribution >= 0.6 is 11.6 Å². The summed E-state index contributed by atoms with van der Waals surface area (Å²) >= 11 is 5.87. The van der Waals surface area contributed by atoms with E-state index in [4.69, 9.17) is 16.3 Å². The number of rotatable bonds is 5. The van der Waals surface area contributed by atoms with Crippen molar-refractivity contribution in [3.63, 3.8) is 0 Å². The van der Waals surface area contributed by atoms with Gasteiger partial charge in [0.1, 0.15) is 5.75 Å². The van der Waals surface area contributed by atoms with Crippen LogP contribution in [-0.2, 0) is 17.8 Å². The summed E-state index contributed by atoms with van der Waals surface area (Å²) in [4.78, 5) is 26.8. The predicted molar refractivity (Wildman–Crippen MR) is 112 cm³/mol. The Morgan fingerprint density at radius 1 is 0.862 bits per heavy atom. The molecule has 0 atom stereocenters. The Hall–Kier alpha value is -3.11. The fourth-order valence-electron chi connectivity index (χ4n) is 3.42. The lowest BCUT2D eigenvalue weighted by Crippen LogP contribution is -2.38. The minimum absolute atomic E-state index is 0.0212. The zero-order valence-electron chi connectivity index (χ0n) is 15.8. The summed E-state index contributed by atoms with van der Waals surface area (Å²) in [5.41, 5.74) is 3.62. The van der Waals surface area contributed by atoms with Gasteiger partial charge in [0.15, 0.2) is 12.4 Å². The highest BCUT2D eigenvalue weighted by Crippen LogP contribution is 2.20. The van der Waals surface area contributed by atoms with E-state index in [2.05, 4.69) is 12.1 Å². The molecule has 4 rings (SSSR count). The highest BCUT2D eigenvalue weighted by atomic mass is 35.5. The van der Waals surface area contributed by atoms with E-state index in [0.717, 1.165) is 6.42 Å². The van der Waals surface area contributed by atoms with Crippen LogP contribution in [0.3, 0.4) is 0 Å². The first kappa shape index (κ1) is 19.2. The number of halogens is 1. The lowest BCUT2D eigenvalue weighted by atomic mass is 10.00. The smallest absolute Gasteiger partial charge is 0.260 e. The fraction of sp³-hybridized carbons (Fsp3) is 0.167. The second kappa shape index (κ2) is 8.50. The van der Waals surface area contributed by atoms with Crippen molar-refractivity contribution in [3.8, 4) is 5.75 Å². The standard InChI is InChI=1S/C24H20ClNO3/c25-21-9-5-18(6-10-21)24(28)19-7-11-22(12-8-19)29-16-23(27)26-14-13-17-3-1-2-4-20(17)15-26/h1-12H,13-16H2. The summed E-state index contributed by atoms with van der Waals surface area (Å²) in [5, 5.41) is 0.590. The summed E-state index contributed by atoms with van der Waals surface area (Å²) in [5.74, 6) is 0.431. The van der Waals surface area contributed by atoms with Crippen LogP contribution in [0.25, 0.3) is 0 Å². The Labute approximate surface area is 174 Å². The van der Waals surface area contributed by atoms with Gasteiger partial charge < -0.3 is 9.64 Å². The molecule has 0 unspecified atom stereocenters. The van der Waals surface area contributed by atoms with Crippen LogP contribution in [0, 0.1) is 0 Å². The molecule has 0 aromatic heterocycles. The molecule has 3 aromatic carbocycles. The summed E-state index contributed by atoms with van der Waals surface area (Å²) in [7, 11) is 0. The van der Waals surface area contributed by atoms with Gasteiger partial charge in [-0.3, -0.25) is 9.59 Å². The first-order valence-corrected chi connectivity index (χ1v) is 9.85. The maximum Gasteiger partial charge on any atom is 0.260 e. The van der Waals surface area contributed by atoms with Gasteiger partial charge in [-0.1, -0.05) is 35.9 Å². The molecule has 0 saturated carbocycles. The van der Waals surface area contributed by atoms with Gasteiger partial charge >= 0.3 is 0 Å². The largest absolute Gasteiger partial charge is 0.484 e. The van der Waals surface area contributed by atoms with Gasteiger partial charge in [-0.2, -0.15) is 0 Å². The maximum absolute atomic E-state index is 12.5. The van der Waals surface area contributed by atoms with Gasteiger partial charge in [-0.25, -0.2) is 0 Å². The van der Waals surface area contributed by atoms with Crippen LogP contribution in [0.15, 0.2) is 72.8 Å². The van der Waals surface area contributed by atoms with E-state index in [-0.39, 0.29) is 18.3 Å². The molecule has 4 nitrogen and oxygen atoms in total. The molecule has 146 valence electrons. The second-order valence-electron chi connectivity index (χ2n) is 6.98. The molecule has 0 N–H and O–H groups in total. The van der Waals surface area contributed by atoms with Crippen LogP contribution < -0.4 is 4.74 Å². The van der Waals surface area contributed by atoms with E-state index in [1.807, 2.05) is 17.0 Å². The zero-order valence-corrected chi connectivity index (χ0v) is 16.6. The number of hydrogen-bond acceptors (Lipinski definition) is 3. The number of carbonyl (C=O) groups excluding carboxylic acids is 2. The van der Waals surface area contributed by atoms with Crippen molar-refractivity contribution in [1.82, 2.24) is 4.90 Å². The number of amides is 1. The Bertz CT molecular complexity index is 1030. The number of fused-ring (bicyclic) bond motifs is 1.